The fraction of sp³-hybridized carbons (Fsp3) is 0.412. The Morgan fingerprint density at radius 3 is 2.36 bits per heavy atom. The molecule has 2 rings (SSSR count). The van der Waals surface area contributed by atoms with Crippen LogP contribution in [0.4, 0.5) is 0 Å². The molecular weight excluding hydrogens is 302 g/mol. The molecule has 0 aliphatic carbocycles. The number of hydrogen-bond donors (Lipinski definition) is 3. The molecule has 0 aromatic heterocycles. The fourth-order valence-corrected chi connectivity index (χ4v) is 1.94. The van der Waals surface area contributed by atoms with E-state index in [9.17, 15) is 5.11 Å². The lowest BCUT2D eigenvalue weighted by atomic mass is 10.1. The molecule has 1 unspecified atom stereocenters. The van der Waals surface area contributed by atoms with Crippen molar-refractivity contribution in [2.45, 2.75) is 26.0 Å². The Bertz CT molecular complexity index is 529. The third kappa shape index (κ3) is 6.62. The first-order valence-corrected chi connectivity index (χ1v) is 7.13. The lowest BCUT2D eigenvalue weighted by molar-refractivity contribution is 0.105. The molecule has 2 aromatic carbocycles. The summed E-state index contributed by atoms with van der Waals surface area (Å²) in [6.07, 6.45) is -0.499. The fourth-order valence-electron chi connectivity index (χ4n) is 1.94. The molecule has 124 valence electrons. The minimum Gasteiger partial charge on any atom is -0.490 e. The normalized spacial score (nSPS) is 11.4. The Morgan fingerprint density at radius 2 is 1.68 bits per heavy atom. The number of hydrogen-bond acceptors (Lipinski definition) is 4. The molecule has 0 amide bonds. The highest BCUT2D eigenvalue weighted by atomic mass is 35.5. The van der Waals surface area contributed by atoms with Crippen molar-refractivity contribution >= 4 is 23.2 Å². The largest absolute Gasteiger partial charge is 0.490 e. The third-order valence-electron chi connectivity index (χ3n) is 2.94. The van der Waals surface area contributed by atoms with Gasteiger partial charge in [-0.2, -0.15) is 0 Å². The minimum atomic E-state index is -0.499. The number of fused-ring (bicyclic) bond motifs is 1. The number of aliphatic hydroxyl groups is 2. The first-order chi connectivity index (χ1) is 10.2. The first-order valence-electron chi connectivity index (χ1n) is 7.13. The molecule has 0 aliphatic rings. The van der Waals surface area contributed by atoms with Crippen molar-refractivity contribution in [2.24, 2.45) is 0 Å². The van der Waals surface area contributed by atoms with Crippen molar-refractivity contribution in [1.82, 2.24) is 5.32 Å². The van der Waals surface area contributed by atoms with Crippen LogP contribution >= 0.6 is 12.4 Å². The molecule has 0 heterocycles. The summed E-state index contributed by atoms with van der Waals surface area (Å²) in [5.41, 5.74) is 0. The zero-order valence-electron chi connectivity index (χ0n) is 13.3. The van der Waals surface area contributed by atoms with E-state index in [0.29, 0.717) is 19.2 Å². The Labute approximate surface area is 138 Å². The van der Waals surface area contributed by atoms with E-state index in [0.717, 1.165) is 23.6 Å². The van der Waals surface area contributed by atoms with Crippen LogP contribution < -0.4 is 10.1 Å². The molecule has 22 heavy (non-hydrogen) atoms. The minimum absolute atomic E-state index is 0. The summed E-state index contributed by atoms with van der Waals surface area (Å²) in [6, 6.07) is 14.4. The van der Waals surface area contributed by atoms with E-state index in [1.807, 2.05) is 30.3 Å². The first kappa shape index (κ1) is 20.7. The third-order valence-corrected chi connectivity index (χ3v) is 2.94. The Kier molecular flexibility index (Phi) is 10.6. The molecule has 0 spiro atoms. The zero-order chi connectivity index (χ0) is 15.7. The van der Waals surface area contributed by atoms with Crippen LogP contribution in [0, 0.1) is 0 Å². The van der Waals surface area contributed by atoms with Gasteiger partial charge in [0.05, 0.1) is 0 Å². The topological polar surface area (TPSA) is 61.7 Å². The van der Waals surface area contributed by atoms with Crippen molar-refractivity contribution in [3.63, 3.8) is 0 Å². The van der Waals surface area contributed by atoms with Gasteiger partial charge in [-0.25, -0.2) is 0 Å². The lowest BCUT2D eigenvalue weighted by Gasteiger charge is -2.15. The van der Waals surface area contributed by atoms with Crippen molar-refractivity contribution in [1.29, 1.82) is 0 Å². The van der Waals surface area contributed by atoms with Crippen LogP contribution in [0.2, 0.25) is 0 Å². The van der Waals surface area contributed by atoms with E-state index < -0.39 is 6.10 Å². The van der Waals surface area contributed by atoms with Crippen molar-refractivity contribution in [2.75, 3.05) is 20.3 Å². The quantitative estimate of drug-likeness (QED) is 0.763. The highest BCUT2D eigenvalue weighted by Crippen LogP contribution is 2.25. The summed E-state index contributed by atoms with van der Waals surface area (Å²) in [5, 5.41) is 22.3. The van der Waals surface area contributed by atoms with Crippen LogP contribution in [-0.4, -0.2) is 42.6 Å². The van der Waals surface area contributed by atoms with E-state index >= 15 is 0 Å². The van der Waals surface area contributed by atoms with Gasteiger partial charge >= 0.3 is 0 Å². The van der Waals surface area contributed by atoms with E-state index in [1.54, 1.807) is 0 Å². The highest BCUT2D eigenvalue weighted by Gasteiger charge is 2.07. The maximum atomic E-state index is 9.84. The van der Waals surface area contributed by atoms with Gasteiger partial charge < -0.3 is 20.3 Å². The Balaban J connectivity index is 0.00000141. The summed E-state index contributed by atoms with van der Waals surface area (Å²) in [6.45, 7) is 4.95. The van der Waals surface area contributed by atoms with Gasteiger partial charge in [0, 0.05) is 25.1 Å². The van der Waals surface area contributed by atoms with Crippen molar-refractivity contribution in [3.05, 3.63) is 42.5 Å². The Morgan fingerprint density at radius 1 is 1.05 bits per heavy atom. The highest BCUT2D eigenvalue weighted by molar-refractivity contribution is 5.88. The summed E-state index contributed by atoms with van der Waals surface area (Å²) >= 11 is 0. The molecule has 0 saturated heterocycles. The maximum absolute atomic E-state index is 9.84. The molecule has 0 aliphatic heterocycles. The van der Waals surface area contributed by atoms with Crippen molar-refractivity contribution < 1.29 is 14.9 Å². The van der Waals surface area contributed by atoms with Gasteiger partial charge in [-0.15, -0.1) is 12.4 Å². The summed E-state index contributed by atoms with van der Waals surface area (Å²) < 4.78 is 5.72. The second-order valence-corrected chi connectivity index (χ2v) is 5.01. The number of aliphatic hydroxyl groups excluding tert-OH is 2. The molecular formula is C17H26ClNO3. The average Bonchev–Trinajstić information content (AvgIpc) is 2.52. The molecule has 1 atom stereocenters. The predicted octanol–water partition coefficient (Wildman–Crippen LogP) is 2.61. The van der Waals surface area contributed by atoms with Crippen LogP contribution in [0.1, 0.15) is 13.8 Å². The van der Waals surface area contributed by atoms with E-state index in [1.165, 1.54) is 0 Å². The van der Waals surface area contributed by atoms with Crippen LogP contribution in [-0.2, 0) is 0 Å². The number of nitrogens with one attached hydrogen (secondary N) is 1. The molecule has 2 aromatic rings. The smallest absolute Gasteiger partial charge is 0.127 e. The molecule has 0 bridgehead atoms. The second kappa shape index (κ2) is 11.3. The molecule has 0 fully saturated rings. The number of benzene rings is 2. The monoisotopic (exact) mass is 327 g/mol. The summed E-state index contributed by atoms with van der Waals surface area (Å²) in [7, 11) is 1.00. The number of halogens is 1. The van der Waals surface area contributed by atoms with Gasteiger partial charge in [-0.3, -0.25) is 0 Å². The van der Waals surface area contributed by atoms with Gasteiger partial charge in [0.1, 0.15) is 18.5 Å². The Hall–Kier alpha value is -1.33. The molecule has 0 saturated carbocycles. The molecule has 4 nitrogen and oxygen atoms in total. The van der Waals surface area contributed by atoms with Crippen LogP contribution in [0.15, 0.2) is 42.5 Å². The van der Waals surface area contributed by atoms with Gasteiger partial charge in [0.2, 0.25) is 0 Å². The van der Waals surface area contributed by atoms with Crippen LogP contribution in [0.3, 0.4) is 0 Å². The van der Waals surface area contributed by atoms with Gasteiger partial charge in [0.15, 0.2) is 0 Å². The SMILES string of the molecule is CC(C)NCC(O)COc1cccc2ccccc12.CO.Cl. The summed E-state index contributed by atoms with van der Waals surface area (Å²) in [4.78, 5) is 0. The number of rotatable bonds is 6. The van der Waals surface area contributed by atoms with E-state index in [2.05, 4.69) is 31.3 Å². The molecule has 3 N–H and O–H groups in total. The van der Waals surface area contributed by atoms with Gasteiger partial charge in [-0.05, 0) is 11.5 Å². The van der Waals surface area contributed by atoms with Gasteiger partial charge in [-0.1, -0.05) is 50.2 Å². The van der Waals surface area contributed by atoms with Gasteiger partial charge in [0.25, 0.3) is 0 Å². The predicted molar refractivity (Wildman–Crippen MR) is 94.0 cm³/mol. The van der Waals surface area contributed by atoms with E-state index in [-0.39, 0.29) is 12.4 Å². The van der Waals surface area contributed by atoms with Crippen LogP contribution in [0.5, 0.6) is 5.75 Å². The zero-order valence-corrected chi connectivity index (χ0v) is 14.1. The van der Waals surface area contributed by atoms with E-state index in [4.69, 9.17) is 9.84 Å². The average molecular weight is 328 g/mol. The molecule has 5 heteroatoms. The standard InChI is InChI=1S/C16H21NO2.CH4O.ClH/c1-12(2)17-10-14(18)11-19-16-9-5-7-13-6-3-4-8-15(13)16;1-2;/h3-9,12,14,17-18H,10-11H2,1-2H3;2H,1H3;1H. The molecule has 0 radical (unpaired) electrons. The number of ether oxygens (including phenoxy) is 1. The maximum Gasteiger partial charge on any atom is 0.127 e. The summed E-state index contributed by atoms with van der Waals surface area (Å²) in [5.74, 6) is 0.821. The second-order valence-electron chi connectivity index (χ2n) is 5.01. The lowest BCUT2D eigenvalue weighted by Crippen LogP contribution is -2.35. The van der Waals surface area contributed by atoms with Crippen LogP contribution in [0.25, 0.3) is 10.8 Å². The van der Waals surface area contributed by atoms with Crippen molar-refractivity contribution in [3.8, 4) is 5.75 Å².